The first kappa shape index (κ1) is 16.2. The van der Waals surface area contributed by atoms with Crippen molar-refractivity contribution in [1.29, 1.82) is 0 Å². The van der Waals surface area contributed by atoms with Gasteiger partial charge in [0.1, 0.15) is 0 Å². The summed E-state index contributed by atoms with van der Waals surface area (Å²) >= 11 is 6.20. The van der Waals surface area contributed by atoms with Crippen molar-refractivity contribution in [3.8, 4) is 0 Å². The number of nitrogens with zero attached hydrogens (tertiary/aromatic N) is 2. The van der Waals surface area contributed by atoms with Crippen LogP contribution in [0.3, 0.4) is 0 Å². The molecular formula is C15H21ClN2O3. The van der Waals surface area contributed by atoms with E-state index in [-0.39, 0.29) is 10.6 Å². The second-order valence-electron chi connectivity index (χ2n) is 5.57. The van der Waals surface area contributed by atoms with Gasteiger partial charge < -0.3 is 4.74 Å². The third-order valence-corrected chi connectivity index (χ3v) is 4.45. The van der Waals surface area contributed by atoms with Gasteiger partial charge in [0.25, 0.3) is 5.69 Å². The van der Waals surface area contributed by atoms with E-state index in [0.29, 0.717) is 24.2 Å². The van der Waals surface area contributed by atoms with Gasteiger partial charge in [-0.3, -0.25) is 15.0 Å². The number of non-ortho nitro benzene ring substituents is 1. The summed E-state index contributed by atoms with van der Waals surface area (Å²) in [7, 11) is 1.68. The molecule has 1 fully saturated rings. The Morgan fingerprint density at radius 2 is 2.24 bits per heavy atom. The molecular weight excluding hydrogens is 292 g/mol. The zero-order valence-corrected chi connectivity index (χ0v) is 13.2. The predicted octanol–water partition coefficient (Wildman–Crippen LogP) is 3.50. The van der Waals surface area contributed by atoms with Crippen molar-refractivity contribution < 1.29 is 9.66 Å². The Labute approximate surface area is 130 Å². The van der Waals surface area contributed by atoms with Gasteiger partial charge in [0.2, 0.25) is 0 Å². The maximum Gasteiger partial charge on any atom is 0.269 e. The molecule has 0 radical (unpaired) electrons. The standard InChI is InChI=1S/C15H21ClN2O3/c1-11(12-3-4-12)17(7-8-21-2)10-13-9-14(18(19)20)5-6-15(13)16/h5-6,9,11-12H,3-4,7-8,10H2,1-2H3. The van der Waals surface area contributed by atoms with Crippen LogP contribution in [0.4, 0.5) is 5.69 Å². The summed E-state index contributed by atoms with van der Waals surface area (Å²) in [6.07, 6.45) is 2.51. The monoisotopic (exact) mass is 312 g/mol. The Kier molecular flexibility index (Phi) is 5.56. The molecule has 5 nitrogen and oxygen atoms in total. The number of rotatable bonds is 8. The lowest BCUT2D eigenvalue weighted by Crippen LogP contribution is -2.36. The van der Waals surface area contributed by atoms with Gasteiger partial charge >= 0.3 is 0 Å². The highest BCUT2D eigenvalue weighted by atomic mass is 35.5. The molecule has 1 aromatic rings. The van der Waals surface area contributed by atoms with Crippen molar-refractivity contribution in [1.82, 2.24) is 4.90 Å². The summed E-state index contributed by atoms with van der Waals surface area (Å²) in [5, 5.41) is 11.5. The van der Waals surface area contributed by atoms with Crippen LogP contribution in [-0.4, -0.2) is 36.1 Å². The van der Waals surface area contributed by atoms with Crippen molar-refractivity contribution in [2.45, 2.75) is 32.4 Å². The molecule has 1 aliphatic rings. The lowest BCUT2D eigenvalue weighted by Gasteiger charge is -2.29. The van der Waals surface area contributed by atoms with E-state index < -0.39 is 0 Å². The van der Waals surface area contributed by atoms with Gasteiger partial charge in [0, 0.05) is 43.4 Å². The van der Waals surface area contributed by atoms with E-state index in [2.05, 4.69) is 11.8 Å². The summed E-state index contributed by atoms with van der Waals surface area (Å²) in [6.45, 7) is 4.26. The second kappa shape index (κ2) is 7.20. The molecule has 0 spiro atoms. The number of hydrogen-bond donors (Lipinski definition) is 0. The number of ether oxygens (including phenoxy) is 1. The number of benzene rings is 1. The van der Waals surface area contributed by atoms with Crippen molar-refractivity contribution in [3.05, 3.63) is 38.9 Å². The van der Waals surface area contributed by atoms with Crippen LogP contribution < -0.4 is 0 Å². The van der Waals surface area contributed by atoms with Gasteiger partial charge in [-0.2, -0.15) is 0 Å². The van der Waals surface area contributed by atoms with Gasteiger partial charge in [0.15, 0.2) is 0 Å². The Balaban J connectivity index is 2.14. The number of hydrogen-bond acceptors (Lipinski definition) is 4. The predicted molar refractivity (Wildman–Crippen MR) is 82.6 cm³/mol. The third-order valence-electron chi connectivity index (χ3n) is 4.08. The van der Waals surface area contributed by atoms with Gasteiger partial charge in [-0.15, -0.1) is 0 Å². The lowest BCUT2D eigenvalue weighted by atomic mass is 10.1. The highest BCUT2D eigenvalue weighted by Gasteiger charge is 2.32. The third kappa shape index (κ3) is 4.40. The highest BCUT2D eigenvalue weighted by Crippen LogP contribution is 2.36. The minimum absolute atomic E-state index is 0.0835. The first-order valence-corrected chi connectivity index (χ1v) is 7.56. The van der Waals surface area contributed by atoms with Crippen LogP contribution in [0.5, 0.6) is 0 Å². The molecule has 0 heterocycles. The molecule has 1 saturated carbocycles. The maximum absolute atomic E-state index is 10.9. The number of halogens is 1. The molecule has 21 heavy (non-hydrogen) atoms. The minimum atomic E-state index is -0.385. The molecule has 1 unspecified atom stereocenters. The summed E-state index contributed by atoms with van der Waals surface area (Å²) in [6, 6.07) is 5.05. The number of nitro groups is 1. The van der Waals surface area contributed by atoms with Crippen LogP contribution in [-0.2, 0) is 11.3 Å². The SMILES string of the molecule is COCCN(Cc1cc([N+](=O)[O-])ccc1Cl)C(C)C1CC1. The first-order chi connectivity index (χ1) is 10.0. The van der Waals surface area contributed by atoms with E-state index in [1.54, 1.807) is 19.2 Å². The van der Waals surface area contributed by atoms with E-state index in [0.717, 1.165) is 18.0 Å². The van der Waals surface area contributed by atoms with Crippen molar-refractivity contribution in [3.63, 3.8) is 0 Å². The quantitative estimate of drug-likeness (QED) is 0.544. The van der Waals surface area contributed by atoms with Crippen molar-refractivity contribution in [2.75, 3.05) is 20.3 Å². The summed E-state index contributed by atoms with van der Waals surface area (Å²) in [4.78, 5) is 12.8. The molecule has 2 rings (SSSR count). The zero-order valence-electron chi connectivity index (χ0n) is 12.4. The summed E-state index contributed by atoms with van der Waals surface area (Å²) < 4.78 is 5.17. The van der Waals surface area contributed by atoms with E-state index in [4.69, 9.17) is 16.3 Å². The Bertz CT molecular complexity index is 506. The molecule has 0 aromatic heterocycles. The molecule has 1 atom stereocenters. The summed E-state index contributed by atoms with van der Waals surface area (Å²) in [5.41, 5.74) is 0.884. The Hall–Kier alpha value is -1.17. The topological polar surface area (TPSA) is 55.6 Å². The van der Waals surface area contributed by atoms with Gasteiger partial charge in [-0.05, 0) is 37.3 Å². The van der Waals surface area contributed by atoms with Crippen LogP contribution >= 0.6 is 11.6 Å². The van der Waals surface area contributed by atoms with Gasteiger partial charge in [0.05, 0.1) is 11.5 Å². The number of nitro benzene ring substituents is 1. The largest absolute Gasteiger partial charge is 0.383 e. The fraction of sp³-hybridized carbons (Fsp3) is 0.600. The smallest absolute Gasteiger partial charge is 0.269 e. The highest BCUT2D eigenvalue weighted by molar-refractivity contribution is 6.31. The molecule has 0 amide bonds. The molecule has 1 aliphatic carbocycles. The molecule has 0 N–H and O–H groups in total. The number of methoxy groups -OCH3 is 1. The maximum atomic E-state index is 10.9. The van der Waals surface area contributed by atoms with E-state index in [1.807, 2.05) is 0 Å². The molecule has 6 heteroatoms. The molecule has 116 valence electrons. The lowest BCUT2D eigenvalue weighted by molar-refractivity contribution is -0.384. The summed E-state index contributed by atoms with van der Waals surface area (Å²) in [5.74, 6) is 0.722. The molecule has 0 saturated heterocycles. The van der Waals surface area contributed by atoms with Crippen molar-refractivity contribution in [2.24, 2.45) is 5.92 Å². The second-order valence-corrected chi connectivity index (χ2v) is 5.98. The average molecular weight is 313 g/mol. The Morgan fingerprint density at radius 1 is 1.52 bits per heavy atom. The van der Waals surface area contributed by atoms with Crippen molar-refractivity contribution >= 4 is 17.3 Å². The fourth-order valence-electron chi connectivity index (χ4n) is 2.53. The van der Waals surface area contributed by atoms with Crippen LogP contribution in [0.15, 0.2) is 18.2 Å². The molecule has 0 bridgehead atoms. The zero-order chi connectivity index (χ0) is 15.4. The average Bonchev–Trinajstić information content (AvgIpc) is 3.28. The van der Waals surface area contributed by atoms with E-state index in [9.17, 15) is 10.1 Å². The van der Waals surface area contributed by atoms with Gasteiger partial charge in [-0.1, -0.05) is 11.6 Å². The van der Waals surface area contributed by atoms with Crippen LogP contribution in [0, 0.1) is 16.0 Å². The van der Waals surface area contributed by atoms with Gasteiger partial charge in [-0.25, -0.2) is 0 Å². The fourth-order valence-corrected chi connectivity index (χ4v) is 2.70. The van der Waals surface area contributed by atoms with Crippen LogP contribution in [0.2, 0.25) is 5.02 Å². The van der Waals surface area contributed by atoms with Crippen LogP contribution in [0.1, 0.15) is 25.3 Å². The normalized spacial score (nSPS) is 16.2. The van der Waals surface area contributed by atoms with E-state index >= 15 is 0 Å². The molecule has 0 aliphatic heterocycles. The minimum Gasteiger partial charge on any atom is -0.383 e. The van der Waals surface area contributed by atoms with Crippen LogP contribution in [0.25, 0.3) is 0 Å². The Morgan fingerprint density at radius 3 is 2.81 bits per heavy atom. The van der Waals surface area contributed by atoms with E-state index in [1.165, 1.54) is 18.9 Å². The first-order valence-electron chi connectivity index (χ1n) is 7.18. The molecule has 1 aromatic carbocycles.